The second-order valence-corrected chi connectivity index (χ2v) is 5.55. The van der Waals surface area contributed by atoms with Gasteiger partial charge in [0, 0.05) is 24.2 Å². The van der Waals surface area contributed by atoms with Crippen molar-refractivity contribution >= 4 is 11.3 Å². The molecule has 3 nitrogen and oxygen atoms in total. The first-order valence-corrected chi connectivity index (χ1v) is 7.50. The van der Waals surface area contributed by atoms with Gasteiger partial charge in [0.1, 0.15) is 5.01 Å². The fourth-order valence-corrected chi connectivity index (χ4v) is 2.76. The number of benzene rings is 1. The molecule has 0 fully saturated rings. The van der Waals surface area contributed by atoms with Crippen LogP contribution < -0.4 is 10.6 Å². The third-order valence-corrected chi connectivity index (χ3v) is 3.99. The first-order chi connectivity index (χ1) is 9.29. The Hall–Kier alpha value is -1.23. The highest BCUT2D eigenvalue weighted by Gasteiger charge is 2.02. The van der Waals surface area contributed by atoms with Crippen molar-refractivity contribution in [1.82, 2.24) is 15.6 Å². The fourth-order valence-electron chi connectivity index (χ4n) is 2.02. The van der Waals surface area contributed by atoms with Crippen LogP contribution in [0.1, 0.15) is 21.8 Å². The molecular weight excluding hydrogens is 254 g/mol. The Kier molecular flexibility index (Phi) is 5.51. The van der Waals surface area contributed by atoms with Crippen LogP contribution >= 0.6 is 11.3 Å². The zero-order valence-electron chi connectivity index (χ0n) is 11.6. The van der Waals surface area contributed by atoms with Gasteiger partial charge in [-0.3, -0.25) is 0 Å². The summed E-state index contributed by atoms with van der Waals surface area (Å²) >= 11 is 1.72. The number of likely N-dealkylation sites (N-methyl/N-ethyl adjacent to an activating group) is 1. The molecule has 19 heavy (non-hydrogen) atoms. The van der Waals surface area contributed by atoms with Gasteiger partial charge in [0.05, 0.1) is 0 Å². The number of thiazole rings is 1. The Bertz CT molecular complexity index is 508. The summed E-state index contributed by atoms with van der Waals surface area (Å²) < 4.78 is 0. The van der Waals surface area contributed by atoms with E-state index in [1.54, 1.807) is 11.3 Å². The molecule has 0 bridgehead atoms. The number of aryl methyl sites for hydroxylation is 1. The van der Waals surface area contributed by atoms with Crippen molar-refractivity contribution in [2.24, 2.45) is 0 Å². The molecule has 0 radical (unpaired) electrons. The summed E-state index contributed by atoms with van der Waals surface area (Å²) in [6, 6.07) is 8.62. The molecule has 0 aliphatic heterocycles. The molecule has 0 saturated carbocycles. The maximum atomic E-state index is 4.46. The molecule has 0 atom stereocenters. The predicted molar refractivity (Wildman–Crippen MR) is 81.5 cm³/mol. The average molecular weight is 275 g/mol. The van der Waals surface area contributed by atoms with Gasteiger partial charge in [0.15, 0.2) is 0 Å². The smallest absolute Gasteiger partial charge is 0.107 e. The van der Waals surface area contributed by atoms with E-state index in [9.17, 15) is 0 Å². The molecule has 2 aromatic rings. The van der Waals surface area contributed by atoms with E-state index in [4.69, 9.17) is 0 Å². The number of nitrogens with zero attached hydrogens (tertiary/aromatic N) is 1. The van der Waals surface area contributed by atoms with Crippen LogP contribution in [0.25, 0.3) is 0 Å². The third-order valence-electron chi connectivity index (χ3n) is 3.02. The summed E-state index contributed by atoms with van der Waals surface area (Å²) in [5.41, 5.74) is 3.90. The van der Waals surface area contributed by atoms with E-state index in [0.717, 1.165) is 36.8 Å². The molecule has 0 amide bonds. The monoisotopic (exact) mass is 275 g/mol. The summed E-state index contributed by atoms with van der Waals surface area (Å²) in [5.74, 6) is 0. The molecule has 2 N–H and O–H groups in total. The zero-order valence-corrected chi connectivity index (χ0v) is 12.4. The van der Waals surface area contributed by atoms with E-state index < -0.39 is 0 Å². The van der Waals surface area contributed by atoms with Crippen molar-refractivity contribution in [1.29, 1.82) is 0 Å². The van der Waals surface area contributed by atoms with Gasteiger partial charge in [-0.25, -0.2) is 4.98 Å². The maximum absolute atomic E-state index is 4.46. The van der Waals surface area contributed by atoms with E-state index in [0.29, 0.717) is 0 Å². The Balaban J connectivity index is 1.88. The second kappa shape index (κ2) is 7.38. The van der Waals surface area contributed by atoms with Gasteiger partial charge in [0.2, 0.25) is 0 Å². The molecule has 102 valence electrons. The van der Waals surface area contributed by atoms with Gasteiger partial charge >= 0.3 is 0 Å². The van der Waals surface area contributed by atoms with Crippen LogP contribution in [0.15, 0.2) is 29.6 Å². The Morgan fingerprint density at radius 1 is 1.16 bits per heavy atom. The van der Waals surface area contributed by atoms with Crippen LogP contribution in [-0.2, 0) is 19.5 Å². The summed E-state index contributed by atoms with van der Waals surface area (Å²) in [5, 5.41) is 9.93. The van der Waals surface area contributed by atoms with Crippen LogP contribution in [0.2, 0.25) is 0 Å². The van der Waals surface area contributed by atoms with Gasteiger partial charge in [-0.05, 0) is 38.1 Å². The molecular formula is C15H21N3S. The van der Waals surface area contributed by atoms with Crippen molar-refractivity contribution in [2.45, 2.75) is 26.4 Å². The van der Waals surface area contributed by atoms with Crippen LogP contribution in [-0.4, -0.2) is 18.6 Å². The zero-order chi connectivity index (χ0) is 13.5. The summed E-state index contributed by atoms with van der Waals surface area (Å²) in [7, 11) is 1.99. The highest BCUT2D eigenvalue weighted by molar-refractivity contribution is 7.09. The van der Waals surface area contributed by atoms with Gasteiger partial charge in [0.25, 0.3) is 0 Å². The van der Waals surface area contributed by atoms with Crippen molar-refractivity contribution < 1.29 is 0 Å². The van der Waals surface area contributed by atoms with Crippen molar-refractivity contribution in [3.8, 4) is 0 Å². The summed E-state index contributed by atoms with van der Waals surface area (Å²) in [6.07, 6.45) is 1.07. The Morgan fingerprint density at radius 3 is 2.63 bits per heavy atom. The standard InChI is InChI=1S/C15H21N3S/c1-12-11-19-15(18-12)10-17-9-14-6-4-3-5-13(14)7-8-16-2/h3-6,11,16-17H,7-10H2,1-2H3. The van der Waals surface area contributed by atoms with E-state index in [1.807, 2.05) is 14.0 Å². The average Bonchev–Trinajstić information content (AvgIpc) is 2.83. The van der Waals surface area contributed by atoms with Gasteiger partial charge in [-0.15, -0.1) is 11.3 Å². The van der Waals surface area contributed by atoms with E-state index >= 15 is 0 Å². The number of nitrogens with one attached hydrogen (secondary N) is 2. The van der Waals surface area contributed by atoms with E-state index in [-0.39, 0.29) is 0 Å². The molecule has 0 aliphatic rings. The van der Waals surface area contributed by atoms with Gasteiger partial charge in [-0.2, -0.15) is 0 Å². The number of aromatic nitrogens is 1. The van der Waals surface area contributed by atoms with Crippen molar-refractivity contribution in [2.75, 3.05) is 13.6 Å². The Labute approximate surface area is 119 Å². The largest absolute Gasteiger partial charge is 0.319 e. The topological polar surface area (TPSA) is 37.0 Å². The van der Waals surface area contributed by atoms with E-state index in [1.165, 1.54) is 11.1 Å². The minimum Gasteiger partial charge on any atom is -0.319 e. The normalized spacial score (nSPS) is 10.8. The molecule has 2 rings (SSSR count). The Morgan fingerprint density at radius 2 is 1.95 bits per heavy atom. The molecule has 1 aromatic carbocycles. The van der Waals surface area contributed by atoms with Crippen LogP contribution in [0.3, 0.4) is 0 Å². The molecule has 0 spiro atoms. The van der Waals surface area contributed by atoms with Crippen LogP contribution in [0, 0.1) is 6.92 Å². The molecule has 0 unspecified atom stereocenters. The second-order valence-electron chi connectivity index (χ2n) is 4.61. The highest BCUT2D eigenvalue weighted by atomic mass is 32.1. The minimum absolute atomic E-state index is 0.846. The highest BCUT2D eigenvalue weighted by Crippen LogP contribution is 2.11. The molecule has 1 heterocycles. The van der Waals surface area contributed by atoms with Gasteiger partial charge < -0.3 is 10.6 Å². The predicted octanol–water partition coefficient (Wildman–Crippen LogP) is 2.50. The molecule has 1 aromatic heterocycles. The van der Waals surface area contributed by atoms with E-state index in [2.05, 4.69) is 45.3 Å². The van der Waals surface area contributed by atoms with Crippen LogP contribution in [0.4, 0.5) is 0 Å². The number of hydrogen-bond donors (Lipinski definition) is 2. The first-order valence-electron chi connectivity index (χ1n) is 6.62. The summed E-state index contributed by atoms with van der Waals surface area (Å²) in [4.78, 5) is 4.46. The number of hydrogen-bond acceptors (Lipinski definition) is 4. The SMILES string of the molecule is CNCCc1ccccc1CNCc1nc(C)cs1. The lowest BCUT2D eigenvalue weighted by molar-refractivity contribution is 0.679. The lowest BCUT2D eigenvalue weighted by atomic mass is 10.0. The van der Waals surface area contributed by atoms with Gasteiger partial charge in [-0.1, -0.05) is 24.3 Å². The number of rotatable bonds is 7. The summed E-state index contributed by atoms with van der Waals surface area (Å²) in [6.45, 7) is 4.80. The minimum atomic E-state index is 0.846. The lowest BCUT2D eigenvalue weighted by Gasteiger charge is -2.09. The first kappa shape index (κ1) is 14.2. The quantitative estimate of drug-likeness (QED) is 0.815. The molecule has 4 heteroatoms. The molecule has 0 aliphatic carbocycles. The third kappa shape index (κ3) is 4.42. The van der Waals surface area contributed by atoms with Crippen molar-refractivity contribution in [3.05, 3.63) is 51.5 Å². The van der Waals surface area contributed by atoms with Crippen molar-refractivity contribution in [3.63, 3.8) is 0 Å². The lowest BCUT2D eigenvalue weighted by Crippen LogP contribution is -2.16. The molecule has 0 saturated heterocycles. The van der Waals surface area contributed by atoms with Crippen LogP contribution in [0.5, 0.6) is 0 Å². The maximum Gasteiger partial charge on any atom is 0.107 e. The fraction of sp³-hybridized carbons (Fsp3) is 0.400.